The smallest absolute Gasteiger partial charge is 0.155 e. The molecule has 1 amide bonds. The van der Waals surface area contributed by atoms with Crippen LogP contribution in [0.4, 0.5) is 4.79 Å². The van der Waals surface area contributed by atoms with Gasteiger partial charge in [-0.05, 0) is 13.0 Å². The average Bonchev–Trinajstić information content (AvgIpc) is 2.15. The first-order valence-electron chi connectivity index (χ1n) is 3.62. The van der Waals surface area contributed by atoms with Crippen LogP contribution in [-0.4, -0.2) is 16.8 Å². The first kappa shape index (κ1) is 9.18. The zero-order valence-corrected chi connectivity index (χ0v) is 7.02. The van der Waals surface area contributed by atoms with E-state index in [1.54, 1.807) is 31.5 Å². The monoisotopic (exact) mass is 178 g/mol. The third-order valence-electron chi connectivity index (χ3n) is 1.39. The summed E-state index contributed by atoms with van der Waals surface area (Å²) >= 11 is 0. The number of hydrogen-bond donors (Lipinski definition) is 1. The Morgan fingerprint density at radius 1 is 1.69 bits per heavy atom. The maximum atomic E-state index is 9.99. The van der Waals surface area contributed by atoms with E-state index in [1.807, 2.05) is 5.43 Å². The summed E-state index contributed by atoms with van der Waals surface area (Å²) in [6, 6.07) is 3.52. The van der Waals surface area contributed by atoms with Crippen LogP contribution in [0.3, 0.4) is 0 Å². The SMILES string of the molecule is C/C(=N/NC(=O)[O-])c1cccnc1. The van der Waals surface area contributed by atoms with Gasteiger partial charge in [-0.1, -0.05) is 6.07 Å². The molecule has 5 nitrogen and oxygen atoms in total. The molecule has 68 valence electrons. The summed E-state index contributed by atoms with van der Waals surface area (Å²) in [6.07, 6.45) is 1.79. The van der Waals surface area contributed by atoms with E-state index in [0.29, 0.717) is 5.71 Å². The minimum atomic E-state index is -1.43. The van der Waals surface area contributed by atoms with Gasteiger partial charge in [0.2, 0.25) is 0 Å². The van der Waals surface area contributed by atoms with Crippen LogP contribution in [-0.2, 0) is 0 Å². The van der Waals surface area contributed by atoms with Crippen molar-refractivity contribution in [1.82, 2.24) is 10.4 Å². The zero-order chi connectivity index (χ0) is 9.68. The maximum absolute atomic E-state index is 9.99. The van der Waals surface area contributed by atoms with Gasteiger partial charge in [-0.25, -0.2) is 0 Å². The quantitative estimate of drug-likeness (QED) is 0.500. The number of rotatable bonds is 2. The first-order chi connectivity index (χ1) is 6.20. The van der Waals surface area contributed by atoms with E-state index in [0.717, 1.165) is 5.56 Å². The number of hydrogen-bond acceptors (Lipinski definition) is 4. The van der Waals surface area contributed by atoms with Crippen molar-refractivity contribution in [2.75, 3.05) is 0 Å². The van der Waals surface area contributed by atoms with Gasteiger partial charge < -0.3 is 9.90 Å². The van der Waals surface area contributed by atoms with Crippen molar-refractivity contribution in [1.29, 1.82) is 0 Å². The Morgan fingerprint density at radius 3 is 3.00 bits per heavy atom. The molecule has 1 aromatic heterocycles. The molecule has 0 aliphatic rings. The fourth-order valence-electron chi connectivity index (χ4n) is 0.771. The van der Waals surface area contributed by atoms with Crippen LogP contribution < -0.4 is 10.5 Å². The van der Waals surface area contributed by atoms with E-state index in [1.165, 1.54) is 0 Å². The summed E-state index contributed by atoms with van der Waals surface area (Å²) in [4.78, 5) is 13.9. The van der Waals surface area contributed by atoms with E-state index >= 15 is 0 Å². The highest BCUT2D eigenvalue weighted by Gasteiger charge is 1.94. The minimum Gasteiger partial charge on any atom is -0.529 e. The van der Waals surface area contributed by atoms with Crippen LogP contribution in [0.1, 0.15) is 12.5 Å². The number of nitrogens with zero attached hydrogens (tertiary/aromatic N) is 2. The summed E-state index contributed by atoms with van der Waals surface area (Å²) in [5, 5.41) is 13.5. The average molecular weight is 178 g/mol. The van der Waals surface area contributed by atoms with Gasteiger partial charge in [-0.3, -0.25) is 10.4 Å². The Labute approximate surface area is 75.1 Å². The summed E-state index contributed by atoms with van der Waals surface area (Å²) < 4.78 is 0. The van der Waals surface area contributed by atoms with Crippen molar-refractivity contribution in [3.8, 4) is 0 Å². The number of aromatic nitrogens is 1. The van der Waals surface area contributed by atoms with E-state index in [-0.39, 0.29) is 0 Å². The first-order valence-corrected chi connectivity index (χ1v) is 3.62. The summed E-state index contributed by atoms with van der Waals surface area (Å²) in [6.45, 7) is 1.67. The lowest BCUT2D eigenvalue weighted by molar-refractivity contribution is -0.250. The number of pyridine rings is 1. The third kappa shape index (κ3) is 2.90. The van der Waals surface area contributed by atoms with E-state index < -0.39 is 6.09 Å². The molecule has 0 aromatic carbocycles. The number of carbonyl (C=O) groups excluding carboxylic acids is 1. The predicted octanol–water partition coefficient (Wildman–Crippen LogP) is -0.262. The molecule has 0 aliphatic carbocycles. The van der Waals surface area contributed by atoms with Crippen molar-refractivity contribution in [2.45, 2.75) is 6.92 Å². The highest BCUT2D eigenvalue weighted by atomic mass is 16.4. The van der Waals surface area contributed by atoms with Crippen molar-refractivity contribution in [3.05, 3.63) is 30.1 Å². The van der Waals surface area contributed by atoms with Gasteiger partial charge in [0.15, 0.2) is 6.09 Å². The fraction of sp³-hybridized carbons (Fsp3) is 0.125. The molecule has 0 spiro atoms. The molecule has 13 heavy (non-hydrogen) atoms. The zero-order valence-electron chi connectivity index (χ0n) is 7.02. The van der Waals surface area contributed by atoms with Crippen LogP contribution in [0.2, 0.25) is 0 Å². The van der Waals surface area contributed by atoms with Gasteiger partial charge in [0.25, 0.3) is 0 Å². The van der Waals surface area contributed by atoms with Crippen LogP contribution >= 0.6 is 0 Å². The minimum absolute atomic E-state index is 0.539. The lowest BCUT2D eigenvalue weighted by Crippen LogP contribution is -2.33. The van der Waals surface area contributed by atoms with Crippen LogP contribution in [0.25, 0.3) is 0 Å². The highest BCUT2D eigenvalue weighted by Crippen LogP contribution is 1.96. The predicted molar refractivity (Wildman–Crippen MR) is 45.0 cm³/mol. The number of nitrogens with one attached hydrogen (secondary N) is 1. The van der Waals surface area contributed by atoms with E-state index in [2.05, 4.69) is 10.1 Å². The molecule has 0 aliphatic heterocycles. The number of amides is 1. The molecule has 0 atom stereocenters. The Morgan fingerprint density at radius 2 is 2.46 bits per heavy atom. The molecule has 0 fully saturated rings. The Kier molecular flexibility index (Phi) is 2.97. The lowest BCUT2D eigenvalue weighted by Gasteiger charge is -2.02. The summed E-state index contributed by atoms with van der Waals surface area (Å²) in [5.41, 5.74) is 3.11. The molecule has 0 bridgehead atoms. The molecule has 0 radical (unpaired) electrons. The van der Waals surface area contributed by atoms with Gasteiger partial charge in [0.1, 0.15) is 0 Å². The van der Waals surface area contributed by atoms with Gasteiger partial charge in [-0.2, -0.15) is 5.10 Å². The Bertz CT molecular complexity index is 321. The largest absolute Gasteiger partial charge is 0.529 e. The molecule has 1 rings (SSSR count). The molecule has 1 aromatic rings. The van der Waals surface area contributed by atoms with Crippen LogP contribution in [0.15, 0.2) is 29.6 Å². The molecule has 5 heteroatoms. The normalized spacial score (nSPS) is 11.0. The van der Waals surface area contributed by atoms with Gasteiger partial charge in [0.05, 0.1) is 5.71 Å². The number of carboxylic acid groups (broad SMARTS) is 1. The third-order valence-corrected chi connectivity index (χ3v) is 1.39. The lowest BCUT2D eigenvalue weighted by atomic mass is 10.2. The van der Waals surface area contributed by atoms with Crippen LogP contribution in [0.5, 0.6) is 0 Å². The number of hydrazone groups is 1. The Hall–Kier alpha value is -1.91. The second kappa shape index (κ2) is 4.20. The number of carbonyl (C=O) groups is 1. The maximum Gasteiger partial charge on any atom is 0.155 e. The molecular formula is C8H8N3O2-. The van der Waals surface area contributed by atoms with Gasteiger partial charge in [0, 0.05) is 18.0 Å². The Balaban J connectivity index is 2.73. The van der Waals surface area contributed by atoms with E-state index in [9.17, 15) is 9.90 Å². The molecular weight excluding hydrogens is 170 g/mol. The fourth-order valence-corrected chi connectivity index (χ4v) is 0.771. The van der Waals surface area contributed by atoms with Crippen molar-refractivity contribution < 1.29 is 9.90 Å². The molecule has 1 N–H and O–H groups in total. The highest BCUT2D eigenvalue weighted by molar-refractivity contribution is 5.98. The van der Waals surface area contributed by atoms with Gasteiger partial charge in [-0.15, -0.1) is 0 Å². The van der Waals surface area contributed by atoms with Crippen molar-refractivity contribution >= 4 is 11.8 Å². The van der Waals surface area contributed by atoms with Crippen molar-refractivity contribution in [3.63, 3.8) is 0 Å². The summed E-state index contributed by atoms with van der Waals surface area (Å²) in [7, 11) is 0. The molecule has 0 saturated carbocycles. The standard InChI is InChI=1S/C8H9N3O2/c1-6(10-11-8(12)13)7-3-2-4-9-5-7/h2-5,11H,1H3,(H,12,13)/p-1/b10-6-. The molecule has 0 unspecified atom stereocenters. The van der Waals surface area contributed by atoms with E-state index in [4.69, 9.17) is 0 Å². The second-order valence-electron chi connectivity index (χ2n) is 2.34. The second-order valence-corrected chi connectivity index (χ2v) is 2.34. The van der Waals surface area contributed by atoms with Crippen LogP contribution in [0, 0.1) is 0 Å². The van der Waals surface area contributed by atoms with Gasteiger partial charge >= 0.3 is 0 Å². The van der Waals surface area contributed by atoms with Crippen molar-refractivity contribution in [2.24, 2.45) is 5.10 Å². The summed E-state index contributed by atoms with van der Waals surface area (Å²) in [5.74, 6) is 0. The topological polar surface area (TPSA) is 77.4 Å². The molecule has 0 saturated heterocycles. The molecule has 1 heterocycles.